The largest absolute Gasteiger partial charge is 0.449 e. The maximum Gasteiger partial charge on any atom is 0.314 e. The first-order chi connectivity index (χ1) is 9.90. The highest BCUT2D eigenvalue weighted by atomic mass is 16.6. The van der Waals surface area contributed by atoms with Gasteiger partial charge in [0.1, 0.15) is 11.6 Å². The van der Waals surface area contributed by atoms with Gasteiger partial charge in [0.25, 0.3) is 0 Å². The summed E-state index contributed by atoms with van der Waals surface area (Å²) in [6.45, 7) is 3.51. The molecule has 6 heteroatoms. The number of nitrogens with two attached hydrogens (primary N) is 1. The van der Waals surface area contributed by atoms with E-state index in [1.807, 2.05) is 6.92 Å². The highest BCUT2D eigenvalue weighted by molar-refractivity contribution is 5.98. The Labute approximate surface area is 121 Å². The molecule has 0 aliphatic rings. The third-order valence-electron chi connectivity index (χ3n) is 3.03. The second-order valence-corrected chi connectivity index (χ2v) is 4.69. The van der Waals surface area contributed by atoms with Crippen molar-refractivity contribution in [2.75, 3.05) is 0 Å². The number of ether oxygens (including phenoxy) is 1. The first-order valence-electron chi connectivity index (χ1n) is 6.27. The van der Waals surface area contributed by atoms with Crippen molar-refractivity contribution in [2.45, 2.75) is 13.8 Å². The molecule has 108 valence electrons. The Balaban J connectivity index is 2.51. The Morgan fingerprint density at radius 1 is 1.24 bits per heavy atom. The van der Waals surface area contributed by atoms with Crippen LogP contribution in [0.1, 0.15) is 16.7 Å². The van der Waals surface area contributed by atoms with E-state index in [9.17, 15) is 10.1 Å². The third kappa shape index (κ3) is 3.00. The average Bonchev–Trinajstić information content (AvgIpc) is 2.40. The summed E-state index contributed by atoms with van der Waals surface area (Å²) in [7, 11) is 0. The number of nitrogen functional groups attached to an aromatic ring is 1. The predicted molar refractivity (Wildman–Crippen MR) is 80.1 cm³/mol. The number of hydrogen-bond acceptors (Lipinski definition) is 4. The van der Waals surface area contributed by atoms with Crippen LogP contribution in [0.3, 0.4) is 0 Å². The Morgan fingerprint density at radius 3 is 2.57 bits per heavy atom. The second-order valence-electron chi connectivity index (χ2n) is 4.69. The van der Waals surface area contributed by atoms with E-state index < -0.39 is 4.92 Å². The van der Waals surface area contributed by atoms with Crippen molar-refractivity contribution >= 4 is 11.5 Å². The number of nitro benzene ring substituents is 1. The van der Waals surface area contributed by atoms with Crippen LogP contribution in [0, 0.1) is 29.4 Å². The lowest BCUT2D eigenvalue weighted by Gasteiger charge is -2.12. The molecule has 0 unspecified atom stereocenters. The van der Waals surface area contributed by atoms with Crippen LogP contribution in [-0.4, -0.2) is 10.8 Å². The molecule has 0 heterocycles. The number of nitro groups is 1. The lowest BCUT2D eigenvalue weighted by Crippen LogP contribution is -2.12. The number of rotatable bonds is 4. The van der Waals surface area contributed by atoms with E-state index in [4.69, 9.17) is 15.9 Å². The summed E-state index contributed by atoms with van der Waals surface area (Å²) >= 11 is 0. The number of nitrogens with one attached hydrogen (secondary N) is 1. The highest BCUT2D eigenvalue weighted by Crippen LogP contribution is 2.35. The average molecular weight is 285 g/mol. The van der Waals surface area contributed by atoms with E-state index in [0.29, 0.717) is 16.9 Å². The van der Waals surface area contributed by atoms with Gasteiger partial charge >= 0.3 is 5.69 Å². The zero-order valence-corrected chi connectivity index (χ0v) is 11.7. The molecule has 0 aliphatic carbocycles. The number of nitrogens with zero attached hydrogens (tertiary/aromatic N) is 1. The predicted octanol–water partition coefficient (Wildman–Crippen LogP) is 3.29. The molecule has 0 amide bonds. The summed E-state index contributed by atoms with van der Waals surface area (Å²) < 4.78 is 5.64. The number of benzene rings is 2. The van der Waals surface area contributed by atoms with Crippen molar-refractivity contribution in [3.05, 3.63) is 63.2 Å². The number of aryl methyl sites for hydroxylation is 2. The number of amidine groups is 1. The van der Waals surface area contributed by atoms with Crippen LogP contribution in [0.4, 0.5) is 5.69 Å². The van der Waals surface area contributed by atoms with Crippen LogP contribution in [-0.2, 0) is 0 Å². The van der Waals surface area contributed by atoms with Crippen LogP contribution in [0.25, 0.3) is 0 Å². The SMILES string of the molecule is Cc1ccc(Oc2cccc(C)c2[N+](=O)[O-])c(C(=N)N)c1. The van der Waals surface area contributed by atoms with Crippen LogP contribution >= 0.6 is 0 Å². The fourth-order valence-electron chi connectivity index (χ4n) is 2.01. The monoisotopic (exact) mass is 285 g/mol. The minimum absolute atomic E-state index is 0.0902. The molecule has 3 N–H and O–H groups in total. The number of hydrogen-bond donors (Lipinski definition) is 2. The van der Waals surface area contributed by atoms with Gasteiger partial charge in [-0.2, -0.15) is 0 Å². The van der Waals surface area contributed by atoms with Crippen molar-refractivity contribution < 1.29 is 9.66 Å². The van der Waals surface area contributed by atoms with Gasteiger partial charge in [-0.1, -0.05) is 23.8 Å². The van der Waals surface area contributed by atoms with Crippen molar-refractivity contribution in [3.63, 3.8) is 0 Å². The van der Waals surface area contributed by atoms with E-state index >= 15 is 0 Å². The fraction of sp³-hybridized carbons (Fsp3) is 0.133. The molecular weight excluding hydrogens is 270 g/mol. The Hall–Kier alpha value is -2.89. The molecule has 2 aromatic rings. The van der Waals surface area contributed by atoms with E-state index in [0.717, 1.165) is 5.56 Å². The van der Waals surface area contributed by atoms with Crippen molar-refractivity contribution in [1.29, 1.82) is 5.41 Å². The quantitative estimate of drug-likeness (QED) is 0.389. The van der Waals surface area contributed by atoms with Gasteiger partial charge in [0.15, 0.2) is 0 Å². The van der Waals surface area contributed by atoms with Gasteiger partial charge in [-0.05, 0) is 32.0 Å². The van der Waals surface area contributed by atoms with Crippen molar-refractivity contribution in [2.24, 2.45) is 5.73 Å². The van der Waals surface area contributed by atoms with Gasteiger partial charge < -0.3 is 10.5 Å². The summed E-state index contributed by atoms with van der Waals surface area (Å²) in [5, 5.41) is 18.7. The minimum atomic E-state index is -0.480. The van der Waals surface area contributed by atoms with Gasteiger partial charge in [-0.25, -0.2) is 0 Å². The molecule has 0 saturated heterocycles. The van der Waals surface area contributed by atoms with Gasteiger partial charge in [-0.3, -0.25) is 15.5 Å². The molecule has 0 atom stereocenters. The fourth-order valence-corrected chi connectivity index (χ4v) is 2.01. The summed E-state index contributed by atoms with van der Waals surface area (Å²) in [5.74, 6) is 0.303. The molecule has 0 radical (unpaired) electrons. The zero-order chi connectivity index (χ0) is 15.6. The Morgan fingerprint density at radius 2 is 1.95 bits per heavy atom. The van der Waals surface area contributed by atoms with Crippen LogP contribution < -0.4 is 10.5 Å². The molecule has 0 fully saturated rings. The van der Waals surface area contributed by atoms with E-state index in [1.165, 1.54) is 6.07 Å². The molecule has 6 nitrogen and oxygen atoms in total. The third-order valence-corrected chi connectivity index (χ3v) is 3.03. The lowest BCUT2D eigenvalue weighted by atomic mass is 10.1. The lowest BCUT2D eigenvalue weighted by molar-refractivity contribution is -0.386. The van der Waals surface area contributed by atoms with Gasteiger partial charge in [0.2, 0.25) is 5.75 Å². The summed E-state index contributed by atoms with van der Waals surface area (Å²) in [6.07, 6.45) is 0. The molecule has 0 saturated carbocycles. The van der Waals surface area contributed by atoms with Crippen LogP contribution in [0.5, 0.6) is 11.5 Å². The smallest absolute Gasteiger partial charge is 0.314 e. The van der Waals surface area contributed by atoms with E-state index in [2.05, 4.69) is 0 Å². The van der Waals surface area contributed by atoms with Gasteiger partial charge in [0, 0.05) is 5.56 Å². The second kappa shape index (κ2) is 5.62. The van der Waals surface area contributed by atoms with E-state index in [1.54, 1.807) is 37.3 Å². The van der Waals surface area contributed by atoms with Crippen LogP contribution in [0.2, 0.25) is 0 Å². The normalized spacial score (nSPS) is 10.2. The first-order valence-corrected chi connectivity index (χ1v) is 6.27. The maximum absolute atomic E-state index is 11.2. The topological polar surface area (TPSA) is 102 Å². The maximum atomic E-state index is 11.2. The summed E-state index contributed by atoms with van der Waals surface area (Å²) in [4.78, 5) is 10.7. The van der Waals surface area contributed by atoms with Gasteiger partial charge in [-0.15, -0.1) is 0 Å². The molecule has 2 aromatic carbocycles. The molecule has 0 bridgehead atoms. The van der Waals surface area contributed by atoms with Crippen molar-refractivity contribution in [1.82, 2.24) is 0 Å². The summed E-state index contributed by atoms with van der Waals surface area (Å²) in [6, 6.07) is 10.0. The molecule has 0 aliphatic heterocycles. The minimum Gasteiger partial charge on any atom is -0.449 e. The summed E-state index contributed by atoms with van der Waals surface area (Å²) in [5.41, 5.74) is 7.28. The Kier molecular flexibility index (Phi) is 3.89. The highest BCUT2D eigenvalue weighted by Gasteiger charge is 2.20. The van der Waals surface area contributed by atoms with E-state index in [-0.39, 0.29) is 17.3 Å². The number of para-hydroxylation sites is 1. The molecule has 21 heavy (non-hydrogen) atoms. The first kappa shape index (κ1) is 14.5. The molecular formula is C15H15N3O3. The van der Waals surface area contributed by atoms with Gasteiger partial charge in [0.05, 0.1) is 10.5 Å². The standard InChI is InChI=1S/C15H15N3O3/c1-9-6-7-12(11(8-9)15(16)17)21-13-5-3-4-10(2)14(13)18(19)20/h3-8H,1-2H3,(H3,16,17). The molecule has 0 spiro atoms. The Bertz CT molecular complexity index is 726. The van der Waals surface area contributed by atoms with Crippen molar-refractivity contribution in [3.8, 4) is 11.5 Å². The zero-order valence-electron chi connectivity index (χ0n) is 11.7. The molecule has 2 rings (SSSR count). The molecule has 0 aromatic heterocycles. The van der Waals surface area contributed by atoms with Crippen LogP contribution in [0.15, 0.2) is 36.4 Å².